The number of ether oxygens (including phenoxy) is 1. The molecule has 1 saturated heterocycles. The molecule has 2 aliphatic heterocycles. The summed E-state index contributed by atoms with van der Waals surface area (Å²) < 4.78 is 7.70. The lowest BCUT2D eigenvalue weighted by Gasteiger charge is -2.57. The van der Waals surface area contributed by atoms with Crippen LogP contribution < -0.4 is 0 Å². The van der Waals surface area contributed by atoms with Gasteiger partial charge in [0.15, 0.2) is 5.72 Å². The Morgan fingerprint density at radius 1 is 0.861 bits per heavy atom. The molecular weight excluding hydrogens is 440 g/mol. The Kier molecular flexibility index (Phi) is 5.36. The Labute approximate surface area is 221 Å². The third kappa shape index (κ3) is 2.92. The van der Waals surface area contributed by atoms with E-state index in [0.29, 0.717) is 41.0 Å². The van der Waals surface area contributed by atoms with Gasteiger partial charge in [0.2, 0.25) is 0 Å². The van der Waals surface area contributed by atoms with E-state index in [9.17, 15) is 0 Å². The van der Waals surface area contributed by atoms with Crippen molar-refractivity contribution >= 4 is 6.21 Å². The lowest BCUT2D eigenvalue weighted by molar-refractivity contribution is -0.218. The van der Waals surface area contributed by atoms with Gasteiger partial charge in [0.1, 0.15) is 0 Å². The van der Waals surface area contributed by atoms with E-state index in [1.807, 2.05) is 0 Å². The summed E-state index contributed by atoms with van der Waals surface area (Å²) in [5.74, 6) is 4.77. The van der Waals surface area contributed by atoms with E-state index in [2.05, 4.69) is 59.6 Å². The molecule has 3 heteroatoms. The Hall–Kier alpha value is -0.410. The summed E-state index contributed by atoms with van der Waals surface area (Å²) in [5.41, 5.74) is 0.533. The van der Waals surface area contributed by atoms with Crippen LogP contribution in [0.5, 0.6) is 0 Å². The summed E-state index contributed by atoms with van der Waals surface area (Å²) in [6.07, 6.45) is 17.9. The van der Waals surface area contributed by atoms with E-state index in [1.165, 1.54) is 70.6 Å². The first-order valence-corrected chi connectivity index (χ1v) is 16.0. The summed E-state index contributed by atoms with van der Waals surface area (Å²) in [7, 11) is 0. The molecule has 7 rings (SSSR count). The minimum absolute atomic E-state index is 0.0808. The number of rotatable bonds is 1. The van der Waals surface area contributed by atoms with Gasteiger partial charge < -0.3 is 4.74 Å². The Morgan fingerprint density at radius 2 is 1.64 bits per heavy atom. The summed E-state index contributed by atoms with van der Waals surface area (Å²) in [5, 5.41) is 0. The smallest absolute Gasteiger partial charge is 0.163 e. The first-order chi connectivity index (χ1) is 17.0. The van der Waals surface area contributed by atoms with Crippen molar-refractivity contribution in [2.24, 2.45) is 56.7 Å². The molecule has 0 radical (unpaired) electrons. The maximum atomic E-state index is 7.70. The monoisotopic (exact) mass is 494 g/mol. The van der Waals surface area contributed by atoms with E-state index in [4.69, 9.17) is 9.73 Å². The number of hydrogen-bond donors (Lipinski definition) is 0. The number of fused-ring (bicyclic) bond motifs is 6. The van der Waals surface area contributed by atoms with E-state index in [0.717, 1.165) is 29.6 Å². The van der Waals surface area contributed by atoms with Crippen LogP contribution in [0.15, 0.2) is 4.99 Å². The second-order valence-electron chi connectivity index (χ2n) is 16.3. The average molecular weight is 495 g/mol. The molecule has 0 aromatic carbocycles. The minimum Gasteiger partial charge on any atom is -0.349 e. The molecule has 202 valence electrons. The van der Waals surface area contributed by atoms with E-state index >= 15 is 0 Å². The van der Waals surface area contributed by atoms with Crippen molar-refractivity contribution in [2.45, 2.75) is 149 Å². The van der Waals surface area contributed by atoms with Crippen molar-refractivity contribution in [3.63, 3.8) is 0 Å². The zero-order chi connectivity index (χ0) is 25.3. The standard InChI is InChI=1S/C33H54N2O/c1-20-16-21(2)28-25(17-20)35(27-18-23-14-15-32(27,7)30(23,3)4)33(31(28,5)6)19-34-29-24-11-9-8-10-22(24)12-13-26(29)36-33/h19-29H,8-18H2,1-7H3. The van der Waals surface area contributed by atoms with Gasteiger partial charge in [0, 0.05) is 23.7 Å². The van der Waals surface area contributed by atoms with E-state index < -0.39 is 0 Å². The summed E-state index contributed by atoms with van der Waals surface area (Å²) in [6, 6.07) is 1.66. The number of likely N-dealkylation sites (tertiary alicyclic amines) is 1. The van der Waals surface area contributed by atoms with Gasteiger partial charge in [0.05, 0.1) is 12.1 Å². The van der Waals surface area contributed by atoms with Crippen LogP contribution in [0.1, 0.15) is 119 Å². The molecular formula is C33H54N2O. The van der Waals surface area contributed by atoms with Crippen molar-refractivity contribution in [3.8, 4) is 0 Å². The SMILES string of the molecule is CC1CC(C)C2C(C1)N(C1CC3CCC1(C)C3(C)C)C1(C=NC3C(CCC4CCCCC43)O1)C2(C)C. The highest BCUT2D eigenvalue weighted by Gasteiger charge is 2.73. The first-order valence-electron chi connectivity index (χ1n) is 16.0. The molecule has 0 amide bonds. The van der Waals surface area contributed by atoms with Gasteiger partial charge in [-0.2, -0.15) is 0 Å². The van der Waals surface area contributed by atoms with Gasteiger partial charge >= 0.3 is 0 Å². The lowest BCUT2D eigenvalue weighted by atomic mass is 9.61. The third-order valence-corrected chi connectivity index (χ3v) is 14.4. The molecule has 7 aliphatic rings. The molecule has 0 aromatic heterocycles. The minimum atomic E-state index is -0.336. The molecule has 3 nitrogen and oxygen atoms in total. The zero-order valence-electron chi connectivity index (χ0n) is 24.4. The van der Waals surface area contributed by atoms with Crippen LogP contribution >= 0.6 is 0 Å². The molecule has 0 N–H and O–H groups in total. The highest BCUT2D eigenvalue weighted by Crippen LogP contribution is 2.71. The molecule has 5 aliphatic carbocycles. The van der Waals surface area contributed by atoms with Gasteiger partial charge in [-0.05, 0) is 97.7 Å². The van der Waals surface area contributed by atoms with Gasteiger partial charge in [-0.3, -0.25) is 9.89 Å². The fourth-order valence-corrected chi connectivity index (χ4v) is 12.3. The van der Waals surface area contributed by atoms with Crippen LogP contribution in [0.2, 0.25) is 0 Å². The molecule has 1 spiro atoms. The lowest BCUT2D eigenvalue weighted by Crippen LogP contribution is -2.67. The molecule has 6 fully saturated rings. The maximum Gasteiger partial charge on any atom is 0.163 e. The fraction of sp³-hybridized carbons (Fsp3) is 0.970. The van der Waals surface area contributed by atoms with Gasteiger partial charge in [-0.15, -0.1) is 0 Å². The summed E-state index contributed by atoms with van der Waals surface area (Å²) >= 11 is 0. The molecule has 2 bridgehead atoms. The van der Waals surface area contributed by atoms with Crippen LogP contribution in [0.25, 0.3) is 0 Å². The van der Waals surface area contributed by atoms with Crippen molar-refractivity contribution < 1.29 is 4.74 Å². The van der Waals surface area contributed by atoms with Crippen molar-refractivity contribution in [2.75, 3.05) is 0 Å². The molecule has 5 saturated carbocycles. The third-order valence-electron chi connectivity index (χ3n) is 14.4. The fourth-order valence-electron chi connectivity index (χ4n) is 12.3. The second kappa shape index (κ2) is 7.83. The van der Waals surface area contributed by atoms with Crippen LogP contribution in [0, 0.1) is 51.8 Å². The van der Waals surface area contributed by atoms with E-state index in [1.54, 1.807) is 0 Å². The van der Waals surface area contributed by atoms with E-state index in [-0.39, 0.29) is 11.1 Å². The highest BCUT2D eigenvalue weighted by molar-refractivity contribution is 5.72. The zero-order valence-corrected chi connectivity index (χ0v) is 24.4. The molecule has 36 heavy (non-hydrogen) atoms. The molecule has 2 heterocycles. The largest absolute Gasteiger partial charge is 0.349 e. The normalized spacial score (nSPS) is 57.0. The summed E-state index contributed by atoms with van der Waals surface area (Å²) in [6.45, 7) is 18.1. The second-order valence-corrected chi connectivity index (χ2v) is 16.3. The Morgan fingerprint density at radius 3 is 2.36 bits per heavy atom. The van der Waals surface area contributed by atoms with Crippen LogP contribution in [0.4, 0.5) is 0 Å². The predicted octanol–water partition coefficient (Wildman–Crippen LogP) is 7.73. The number of aliphatic imine (C=N–C) groups is 1. The van der Waals surface area contributed by atoms with Crippen LogP contribution in [-0.2, 0) is 4.74 Å². The van der Waals surface area contributed by atoms with Gasteiger partial charge in [-0.25, -0.2) is 0 Å². The van der Waals surface area contributed by atoms with Crippen molar-refractivity contribution in [1.29, 1.82) is 0 Å². The quantitative estimate of drug-likeness (QED) is 0.372. The average Bonchev–Trinajstić information content (AvgIpc) is 3.25. The van der Waals surface area contributed by atoms with Crippen LogP contribution in [-0.4, -0.2) is 41.1 Å². The topological polar surface area (TPSA) is 24.8 Å². The van der Waals surface area contributed by atoms with Gasteiger partial charge in [0.25, 0.3) is 0 Å². The van der Waals surface area contributed by atoms with Crippen LogP contribution in [0.3, 0.4) is 0 Å². The number of nitrogens with zero attached hydrogens (tertiary/aromatic N) is 2. The summed E-state index contributed by atoms with van der Waals surface area (Å²) in [4.78, 5) is 8.67. The Balaban J connectivity index is 1.34. The number of hydrogen-bond acceptors (Lipinski definition) is 3. The molecule has 12 unspecified atom stereocenters. The molecule has 12 atom stereocenters. The Bertz CT molecular complexity index is 925. The predicted molar refractivity (Wildman–Crippen MR) is 148 cm³/mol. The van der Waals surface area contributed by atoms with Crippen molar-refractivity contribution in [1.82, 2.24) is 4.90 Å². The molecule has 0 aromatic rings. The van der Waals surface area contributed by atoms with Crippen molar-refractivity contribution in [3.05, 3.63) is 0 Å². The van der Waals surface area contributed by atoms with Gasteiger partial charge in [-0.1, -0.05) is 67.7 Å². The first kappa shape index (κ1) is 24.6. The highest BCUT2D eigenvalue weighted by atomic mass is 16.5. The maximum absolute atomic E-state index is 7.70.